The Kier molecular flexibility index (Phi) is 3.68. The van der Waals surface area contributed by atoms with Gasteiger partial charge in [0, 0.05) is 18.6 Å². The number of nitrogens with two attached hydrogens (primary N) is 1. The largest absolute Gasteiger partial charge is 0.329 e. The number of hydrogen-bond donors (Lipinski definition) is 1. The summed E-state index contributed by atoms with van der Waals surface area (Å²) in [6.07, 6.45) is 6.95. The third-order valence-corrected chi connectivity index (χ3v) is 4.54. The normalized spacial score (nSPS) is 43.4. The Hall–Kier alpha value is -0.0800. The topological polar surface area (TPSA) is 29.3 Å². The van der Waals surface area contributed by atoms with E-state index in [4.69, 9.17) is 5.73 Å². The third kappa shape index (κ3) is 2.36. The van der Waals surface area contributed by atoms with Crippen LogP contribution in [0.4, 0.5) is 0 Å². The van der Waals surface area contributed by atoms with E-state index in [1.807, 2.05) is 0 Å². The Morgan fingerprint density at radius 3 is 2.60 bits per heavy atom. The monoisotopic (exact) mass is 210 g/mol. The molecule has 0 aromatic rings. The Morgan fingerprint density at radius 1 is 1.20 bits per heavy atom. The fourth-order valence-corrected chi connectivity index (χ4v) is 3.56. The minimum absolute atomic E-state index is 0.666. The van der Waals surface area contributed by atoms with Crippen LogP contribution in [0.15, 0.2) is 0 Å². The van der Waals surface area contributed by atoms with Gasteiger partial charge in [-0.3, -0.25) is 4.90 Å². The maximum absolute atomic E-state index is 5.93. The molecule has 2 heteroatoms. The van der Waals surface area contributed by atoms with Gasteiger partial charge in [-0.25, -0.2) is 0 Å². The predicted molar refractivity (Wildman–Crippen MR) is 64.7 cm³/mol. The number of nitrogens with zero attached hydrogens (tertiary/aromatic N) is 1. The molecule has 1 heterocycles. The van der Waals surface area contributed by atoms with Crippen LogP contribution in [0, 0.1) is 11.8 Å². The van der Waals surface area contributed by atoms with Gasteiger partial charge in [0.1, 0.15) is 0 Å². The van der Waals surface area contributed by atoms with Gasteiger partial charge in [0.25, 0.3) is 0 Å². The Labute approximate surface area is 94.2 Å². The molecule has 1 saturated carbocycles. The van der Waals surface area contributed by atoms with Crippen molar-refractivity contribution in [2.75, 3.05) is 13.1 Å². The van der Waals surface area contributed by atoms with E-state index in [-0.39, 0.29) is 0 Å². The number of likely N-dealkylation sites (tertiary alicyclic amines) is 1. The molecule has 2 fully saturated rings. The summed E-state index contributed by atoms with van der Waals surface area (Å²) >= 11 is 0. The Balaban J connectivity index is 2.00. The fourth-order valence-electron chi connectivity index (χ4n) is 3.56. The predicted octanol–water partition coefficient (Wildman–Crippen LogP) is 2.23. The first kappa shape index (κ1) is 11.4. The minimum atomic E-state index is 0.666. The van der Waals surface area contributed by atoms with Gasteiger partial charge in [0.2, 0.25) is 0 Å². The number of hydrogen-bond acceptors (Lipinski definition) is 2. The van der Waals surface area contributed by atoms with Crippen molar-refractivity contribution in [1.82, 2.24) is 4.90 Å². The molecule has 4 atom stereocenters. The molecule has 2 aliphatic rings. The van der Waals surface area contributed by atoms with Gasteiger partial charge in [-0.15, -0.1) is 0 Å². The van der Waals surface area contributed by atoms with Gasteiger partial charge >= 0.3 is 0 Å². The second-order valence-electron chi connectivity index (χ2n) is 5.73. The van der Waals surface area contributed by atoms with Crippen molar-refractivity contribution in [2.24, 2.45) is 17.6 Å². The van der Waals surface area contributed by atoms with Crippen molar-refractivity contribution in [3.05, 3.63) is 0 Å². The van der Waals surface area contributed by atoms with E-state index in [1.54, 1.807) is 0 Å². The molecule has 0 radical (unpaired) electrons. The van der Waals surface area contributed by atoms with Crippen molar-refractivity contribution in [2.45, 2.75) is 58.0 Å². The first-order valence-corrected chi connectivity index (χ1v) is 6.68. The maximum Gasteiger partial charge on any atom is 0.0224 e. The lowest BCUT2D eigenvalue weighted by Gasteiger charge is -2.43. The van der Waals surface area contributed by atoms with Crippen LogP contribution in [0.25, 0.3) is 0 Å². The molecule has 0 bridgehead atoms. The van der Waals surface area contributed by atoms with E-state index in [2.05, 4.69) is 18.7 Å². The summed E-state index contributed by atoms with van der Waals surface area (Å²) in [5.41, 5.74) is 5.93. The van der Waals surface area contributed by atoms with Gasteiger partial charge < -0.3 is 5.73 Å². The van der Waals surface area contributed by atoms with E-state index < -0.39 is 0 Å². The molecule has 15 heavy (non-hydrogen) atoms. The molecule has 4 unspecified atom stereocenters. The quantitative estimate of drug-likeness (QED) is 0.757. The van der Waals surface area contributed by atoms with Crippen molar-refractivity contribution >= 4 is 0 Å². The zero-order valence-electron chi connectivity index (χ0n) is 10.3. The van der Waals surface area contributed by atoms with Crippen LogP contribution >= 0.6 is 0 Å². The summed E-state index contributed by atoms with van der Waals surface area (Å²) < 4.78 is 0. The Morgan fingerprint density at radius 2 is 2.00 bits per heavy atom. The molecule has 0 spiro atoms. The third-order valence-electron chi connectivity index (χ3n) is 4.54. The average Bonchev–Trinajstić information content (AvgIpc) is 2.64. The van der Waals surface area contributed by atoms with Crippen molar-refractivity contribution < 1.29 is 0 Å². The van der Waals surface area contributed by atoms with E-state index >= 15 is 0 Å². The van der Waals surface area contributed by atoms with E-state index in [0.717, 1.165) is 24.4 Å². The lowest BCUT2D eigenvalue weighted by atomic mass is 9.89. The first-order chi connectivity index (χ1) is 7.22. The molecule has 0 aromatic heterocycles. The fraction of sp³-hybridized carbons (Fsp3) is 1.00. The zero-order chi connectivity index (χ0) is 10.8. The molecular weight excluding hydrogens is 184 g/mol. The van der Waals surface area contributed by atoms with E-state index in [1.165, 1.54) is 38.6 Å². The van der Waals surface area contributed by atoms with Crippen LogP contribution in [0.5, 0.6) is 0 Å². The van der Waals surface area contributed by atoms with Crippen LogP contribution in [0.1, 0.15) is 46.0 Å². The van der Waals surface area contributed by atoms with Crippen LogP contribution < -0.4 is 5.73 Å². The Bertz CT molecular complexity index is 205. The van der Waals surface area contributed by atoms with Crippen molar-refractivity contribution in [1.29, 1.82) is 0 Å². The van der Waals surface area contributed by atoms with Gasteiger partial charge in [-0.05, 0) is 44.1 Å². The number of rotatable bonds is 2. The van der Waals surface area contributed by atoms with Gasteiger partial charge in [-0.2, -0.15) is 0 Å². The van der Waals surface area contributed by atoms with Gasteiger partial charge in [0.05, 0.1) is 0 Å². The highest BCUT2D eigenvalue weighted by molar-refractivity contribution is 4.90. The molecule has 2 rings (SSSR count). The molecule has 0 aromatic carbocycles. The summed E-state index contributed by atoms with van der Waals surface area (Å²) in [7, 11) is 0. The zero-order valence-corrected chi connectivity index (χ0v) is 10.3. The molecular formula is C13H26N2. The van der Waals surface area contributed by atoms with E-state index in [0.29, 0.717) is 6.04 Å². The first-order valence-electron chi connectivity index (χ1n) is 6.68. The van der Waals surface area contributed by atoms with Crippen molar-refractivity contribution in [3.63, 3.8) is 0 Å². The summed E-state index contributed by atoms with van der Waals surface area (Å²) in [4.78, 5) is 2.73. The second-order valence-corrected chi connectivity index (χ2v) is 5.73. The summed E-state index contributed by atoms with van der Waals surface area (Å²) in [6.45, 7) is 6.94. The summed E-state index contributed by atoms with van der Waals surface area (Å²) in [5.74, 6) is 1.78. The standard InChI is InChI=1S/C13H26N2/c1-10-6-7-15(12(8-10)9-14)13-5-3-4-11(13)2/h10-13H,3-9,14H2,1-2H3. The molecule has 2 nitrogen and oxygen atoms in total. The van der Waals surface area contributed by atoms with Crippen LogP contribution in [-0.4, -0.2) is 30.1 Å². The average molecular weight is 210 g/mol. The SMILES string of the molecule is CC1CCN(C2CCCC2C)C(CN)C1. The second kappa shape index (κ2) is 4.84. The molecule has 88 valence electrons. The summed E-state index contributed by atoms with van der Waals surface area (Å²) in [5, 5.41) is 0. The highest BCUT2D eigenvalue weighted by Gasteiger charge is 2.35. The smallest absolute Gasteiger partial charge is 0.0224 e. The van der Waals surface area contributed by atoms with E-state index in [9.17, 15) is 0 Å². The van der Waals surface area contributed by atoms with Gasteiger partial charge in [0.15, 0.2) is 0 Å². The number of piperidine rings is 1. The van der Waals surface area contributed by atoms with Crippen LogP contribution in [0.2, 0.25) is 0 Å². The molecule has 2 N–H and O–H groups in total. The van der Waals surface area contributed by atoms with Crippen LogP contribution in [-0.2, 0) is 0 Å². The maximum atomic E-state index is 5.93. The van der Waals surface area contributed by atoms with Gasteiger partial charge in [-0.1, -0.05) is 20.3 Å². The molecule has 1 saturated heterocycles. The van der Waals surface area contributed by atoms with Crippen LogP contribution in [0.3, 0.4) is 0 Å². The van der Waals surface area contributed by atoms with Crippen molar-refractivity contribution in [3.8, 4) is 0 Å². The summed E-state index contributed by atoms with van der Waals surface area (Å²) in [6, 6.07) is 1.50. The molecule has 1 aliphatic heterocycles. The minimum Gasteiger partial charge on any atom is -0.329 e. The lowest BCUT2D eigenvalue weighted by molar-refractivity contribution is 0.0612. The lowest BCUT2D eigenvalue weighted by Crippen LogP contribution is -2.51. The highest BCUT2D eigenvalue weighted by Crippen LogP contribution is 2.34. The molecule has 1 aliphatic carbocycles. The highest BCUT2D eigenvalue weighted by atomic mass is 15.2. The molecule has 0 amide bonds.